The lowest BCUT2D eigenvalue weighted by Gasteiger charge is -2.32. The van der Waals surface area contributed by atoms with Gasteiger partial charge < -0.3 is 20.7 Å². The number of hydrogen-bond donors (Lipinski definition) is 3. The molecule has 1 aromatic rings. The third kappa shape index (κ3) is 5.66. The van der Waals surface area contributed by atoms with E-state index in [2.05, 4.69) is 32.2 Å². The largest absolute Gasteiger partial charge is 0.507 e. The Balaban J connectivity index is 2.65. The molecule has 2 rings (SSSR count). The molecule has 0 saturated carbocycles. The number of rotatable bonds is 11. The fourth-order valence-corrected chi connectivity index (χ4v) is 4.34. The van der Waals surface area contributed by atoms with E-state index in [-0.39, 0.29) is 23.1 Å². The minimum atomic E-state index is -1.09. The van der Waals surface area contributed by atoms with Gasteiger partial charge in [0.05, 0.1) is 13.2 Å². The zero-order valence-electron chi connectivity index (χ0n) is 18.8. The standard InChI is InChI=1S/C25H37NO4/c1-5-6-7-9-18-15-21(30-13-8-12-26)23(24(27)22(18)25(28)29)20-14-17(4)10-11-19(20)16(2)3/h14-15,19-20,27H,2,5-13,26H2,1,3-4H3,(H,28,29)/p+1. The fraction of sp³-hybridized carbons (Fsp3) is 0.560. The van der Waals surface area contributed by atoms with Crippen molar-refractivity contribution in [3.05, 3.63) is 46.6 Å². The molecule has 1 aromatic carbocycles. The Morgan fingerprint density at radius 3 is 2.67 bits per heavy atom. The van der Waals surface area contributed by atoms with Gasteiger partial charge in [-0.25, -0.2) is 4.79 Å². The van der Waals surface area contributed by atoms with E-state index < -0.39 is 5.97 Å². The molecule has 166 valence electrons. The van der Waals surface area contributed by atoms with E-state index in [4.69, 9.17) is 4.74 Å². The molecule has 0 saturated heterocycles. The van der Waals surface area contributed by atoms with Crippen molar-refractivity contribution >= 4 is 5.97 Å². The number of aromatic carboxylic acids is 1. The lowest BCUT2D eigenvalue weighted by molar-refractivity contribution is -0.368. The maximum Gasteiger partial charge on any atom is 0.339 e. The molecule has 0 aromatic heterocycles. The van der Waals surface area contributed by atoms with Gasteiger partial charge in [0.15, 0.2) is 0 Å². The molecule has 1 aliphatic rings. The van der Waals surface area contributed by atoms with Gasteiger partial charge in [-0.15, -0.1) is 0 Å². The van der Waals surface area contributed by atoms with Crippen LogP contribution in [0.2, 0.25) is 0 Å². The minimum absolute atomic E-state index is 0.0164. The summed E-state index contributed by atoms with van der Waals surface area (Å²) in [6, 6.07) is 1.85. The topological polar surface area (TPSA) is 94.4 Å². The number of carbonyl (C=O) groups is 1. The van der Waals surface area contributed by atoms with E-state index in [1.54, 1.807) is 0 Å². The van der Waals surface area contributed by atoms with Crippen LogP contribution in [0.5, 0.6) is 11.5 Å². The van der Waals surface area contributed by atoms with Crippen molar-refractivity contribution in [3.63, 3.8) is 0 Å². The molecule has 0 heterocycles. The average molecular weight is 417 g/mol. The predicted octanol–water partition coefficient (Wildman–Crippen LogP) is 4.85. The maximum atomic E-state index is 12.1. The SMILES string of the molecule is C=C(C)C1CCC(C)=CC1c1c(OCCC[NH3+])cc(CCCCC)c(C(=O)O)c1O. The summed E-state index contributed by atoms with van der Waals surface area (Å²) in [6.45, 7) is 11.6. The monoisotopic (exact) mass is 416 g/mol. The first-order valence-electron chi connectivity index (χ1n) is 11.2. The lowest BCUT2D eigenvalue weighted by atomic mass is 9.73. The van der Waals surface area contributed by atoms with Crippen molar-refractivity contribution in [2.45, 2.75) is 71.6 Å². The number of carboxylic acids is 1. The second-order valence-electron chi connectivity index (χ2n) is 8.52. The van der Waals surface area contributed by atoms with Crippen LogP contribution in [-0.4, -0.2) is 29.3 Å². The van der Waals surface area contributed by atoms with E-state index in [1.165, 1.54) is 5.57 Å². The Bertz CT molecular complexity index is 797. The van der Waals surface area contributed by atoms with Crippen LogP contribution in [0.3, 0.4) is 0 Å². The molecule has 0 radical (unpaired) electrons. The summed E-state index contributed by atoms with van der Waals surface area (Å²) in [5.74, 6) is -0.646. The molecule has 1 aliphatic carbocycles. The van der Waals surface area contributed by atoms with Crippen LogP contribution in [0, 0.1) is 5.92 Å². The molecule has 0 fully saturated rings. The summed E-state index contributed by atoms with van der Waals surface area (Å²) < 4.78 is 6.10. The number of benzene rings is 1. The van der Waals surface area contributed by atoms with Crippen molar-refractivity contribution in [2.24, 2.45) is 5.92 Å². The second-order valence-corrected chi connectivity index (χ2v) is 8.52. The van der Waals surface area contributed by atoms with Gasteiger partial charge in [-0.1, -0.05) is 43.6 Å². The highest BCUT2D eigenvalue weighted by molar-refractivity contribution is 5.94. The zero-order chi connectivity index (χ0) is 22.3. The molecule has 5 heteroatoms. The van der Waals surface area contributed by atoms with Crippen LogP contribution in [0.25, 0.3) is 0 Å². The highest BCUT2D eigenvalue weighted by Crippen LogP contribution is 2.48. The number of carboxylic acid groups (broad SMARTS) is 1. The quantitative estimate of drug-likeness (QED) is 0.355. The van der Waals surface area contributed by atoms with Gasteiger partial charge in [-0.05, 0) is 57.1 Å². The van der Waals surface area contributed by atoms with E-state index in [9.17, 15) is 15.0 Å². The zero-order valence-corrected chi connectivity index (χ0v) is 18.8. The molecule has 5 N–H and O–H groups in total. The lowest BCUT2D eigenvalue weighted by Crippen LogP contribution is -2.50. The van der Waals surface area contributed by atoms with Gasteiger partial charge in [-0.3, -0.25) is 0 Å². The van der Waals surface area contributed by atoms with Crippen molar-refractivity contribution in [1.29, 1.82) is 0 Å². The maximum absolute atomic E-state index is 12.1. The molecule has 2 unspecified atom stereocenters. The summed E-state index contributed by atoms with van der Waals surface area (Å²) in [7, 11) is 0. The highest BCUT2D eigenvalue weighted by Gasteiger charge is 2.33. The Hall–Kier alpha value is -2.27. The summed E-state index contributed by atoms with van der Waals surface area (Å²) in [4.78, 5) is 12.1. The second kappa shape index (κ2) is 11.2. The number of allylic oxidation sites excluding steroid dienone is 3. The summed E-state index contributed by atoms with van der Waals surface area (Å²) in [5.41, 5.74) is 7.39. The first-order valence-corrected chi connectivity index (χ1v) is 11.2. The Labute approximate surface area is 180 Å². The number of unbranched alkanes of at least 4 members (excludes halogenated alkanes) is 2. The third-order valence-corrected chi connectivity index (χ3v) is 6.01. The van der Waals surface area contributed by atoms with E-state index >= 15 is 0 Å². The van der Waals surface area contributed by atoms with Crippen LogP contribution < -0.4 is 10.5 Å². The Morgan fingerprint density at radius 2 is 2.07 bits per heavy atom. The van der Waals surface area contributed by atoms with Crippen molar-refractivity contribution in [3.8, 4) is 11.5 Å². The van der Waals surface area contributed by atoms with Crippen LogP contribution in [0.1, 0.15) is 86.7 Å². The van der Waals surface area contributed by atoms with E-state index in [0.717, 1.165) is 50.6 Å². The van der Waals surface area contributed by atoms with Crippen molar-refractivity contribution in [2.75, 3.05) is 13.2 Å². The van der Waals surface area contributed by atoms with Gasteiger partial charge in [0.25, 0.3) is 0 Å². The van der Waals surface area contributed by atoms with Gasteiger partial charge in [0.2, 0.25) is 0 Å². The van der Waals surface area contributed by atoms with Crippen LogP contribution in [-0.2, 0) is 6.42 Å². The van der Waals surface area contributed by atoms with Gasteiger partial charge in [0, 0.05) is 17.9 Å². The molecule has 2 atom stereocenters. The minimum Gasteiger partial charge on any atom is -0.507 e. The first kappa shape index (κ1) is 24.0. The molecular weight excluding hydrogens is 378 g/mol. The molecule has 5 nitrogen and oxygen atoms in total. The molecule has 0 spiro atoms. The molecule has 0 bridgehead atoms. The number of hydrogen-bond acceptors (Lipinski definition) is 3. The highest BCUT2D eigenvalue weighted by atomic mass is 16.5. The number of ether oxygens (including phenoxy) is 1. The molecule has 30 heavy (non-hydrogen) atoms. The fourth-order valence-electron chi connectivity index (χ4n) is 4.34. The summed E-state index contributed by atoms with van der Waals surface area (Å²) in [6.07, 6.45) is 8.41. The van der Waals surface area contributed by atoms with Gasteiger partial charge in [-0.2, -0.15) is 0 Å². The van der Waals surface area contributed by atoms with Crippen molar-refractivity contribution in [1.82, 2.24) is 0 Å². The van der Waals surface area contributed by atoms with E-state index in [0.29, 0.717) is 29.9 Å². The number of aromatic hydroxyl groups is 1. The predicted molar refractivity (Wildman–Crippen MR) is 120 cm³/mol. The summed E-state index contributed by atoms with van der Waals surface area (Å²) >= 11 is 0. The molecule has 0 aliphatic heterocycles. The Kier molecular flexibility index (Phi) is 8.97. The number of phenols is 1. The van der Waals surface area contributed by atoms with E-state index in [1.807, 2.05) is 13.0 Å². The van der Waals surface area contributed by atoms with Gasteiger partial charge in [0.1, 0.15) is 17.1 Å². The molecular formula is C25H38NO4+. The van der Waals surface area contributed by atoms with Crippen LogP contribution in [0.4, 0.5) is 0 Å². The van der Waals surface area contributed by atoms with Crippen molar-refractivity contribution < 1.29 is 25.5 Å². The van der Waals surface area contributed by atoms with Crippen LogP contribution >= 0.6 is 0 Å². The first-order chi connectivity index (χ1) is 14.3. The normalized spacial score (nSPS) is 18.7. The van der Waals surface area contributed by atoms with Crippen LogP contribution in [0.15, 0.2) is 29.9 Å². The number of quaternary nitrogens is 1. The van der Waals surface area contributed by atoms with Gasteiger partial charge >= 0.3 is 5.97 Å². The third-order valence-electron chi connectivity index (χ3n) is 6.01. The number of aryl methyl sites for hydroxylation is 1. The Morgan fingerprint density at radius 1 is 1.33 bits per heavy atom. The summed E-state index contributed by atoms with van der Waals surface area (Å²) in [5, 5.41) is 21.2. The smallest absolute Gasteiger partial charge is 0.339 e. The average Bonchev–Trinajstić information content (AvgIpc) is 2.67. The molecule has 0 amide bonds.